The quantitative estimate of drug-likeness (QED) is 0.140. The van der Waals surface area contributed by atoms with Crippen molar-refractivity contribution in [3.05, 3.63) is 89.3 Å². The van der Waals surface area contributed by atoms with Crippen molar-refractivity contribution >= 4 is 75.4 Å². The molecule has 2 aliphatic rings. The predicted molar refractivity (Wildman–Crippen MR) is 208 cm³/mol. The van der Waals surface area contributed by atoms with E-state index < -0.39 is 41.5 Å². The number of rotatable bonds is 11. The molecule has 0 spiro atoms. The highest BCUT2D eigenvalue weighted by molar-refractivity contribution is 6.41. The molecule has 5 aromatic rings. The van der Waals surface area contributed by atoms with Gasteiger partial charge in [0.1, 0.15) is 18.1 Å². The average Bonchev–Trinajstić information content (AvgIpc) is 3.88. The Bertz CT molecular complexity index is 2390. The van der Waals surface area contributed by atoms with Crippen molar-refractivity contribution < 1.29 is 43.7 Å². The van der Waals surface area contributed by atoms with Gasteiger partial charge in [-0.25, -0.2) is 19.0 Å². The number of piperidine rings is 1. The number of ether oxygens (including phenoxy) is 1. The Morgan fingerprint density at radius 1 is 0.879 bits per heavy atom. The molecule has 1 unspecified atom stereocenters. The van der Waals surface area contributed by atoms with Crippen LogP contribution in [0.4, 0.5) is 26.7 Å². The van der Waals surface area contributed by atoms with Crippen LogP contribution in [0.2, 0.25) is 5.02 Å². The van der Waals surface area contributed by atoms with Crippen LogP contribution in [0.5, 0.6) is 0 Å². The molecule has 58 heavy (non-hydrogen) atoms. The van der Waals surface area contributed by atoms with Crippen LogP contribution in [0.15, 0.2) is 73.1 Å². The number of carboxylic acid groups (broad SMARTS) is 2. The molecule has 3 aromatic carbocycles. The monoisotopic (exact) mass is 812 g/mol. The number of carbonyl (C=O) groups excluding carboxylic acids is 4. The molecule has 300 valence electrons. The Labute approximate surface area is 334 Å². The molecule has 0 radical (unpaired) electrons. The zero-order valence-electron chi connectivity index (χ0n) is 30.9. The number of carbonyl (C=O) groups is 6. The number of anilines is 3. The van der Waals surface area contributed by atoms with E-state index in [2.05, 4.69) is 26.2 Å². The summed E-state index contributed by atoms with van der Waals surface area (Å²) in [4.78, 5) is 82.9. The Hall–Kier alpha value is -6.86. The van der Waals surface area contributed by atoms with Gasteiger partial charge in [-0.1, -0.05) is 23.7 Å². The summed E-state index contributed by atoms with van der Waals surface area (Å²) in [7, 11) is 1.66. The zero-order valence-corrected chi connectivity index (χ0v) is 31.7. The third-order valence-corrected chi connectivity index (χ3v) is 10.4. The number of aromatic nitrogens is 5. The standard InChI is InChI=1S/C38H37ClN10O9/c1-58-20-23-10-12-45(13-11-23)37(55)42-26-5-2-22(3-6-26)16-31(33(50)41-27-7-9-28-24(17-27)18-32(36(53)54)49(28)38(56)57)47-15-14-46(34(51)35(47)52)30-19-25(39)4-8-29(30)48-21-40-43-44-48/h2-9,17-19,21,23,31H,10-16,20H2,1H3,(H,41,50)(H,42,55)(H,53,54)(H,56,57). The van der Waals surface area contributed by atoms with Gasteiger partial charge in [0.15, 0.2) is 0 Å². The fourth-order valence-corrected chi connectivity index (χ4v) is 7.44. The predicted octanol–water partition coefficient (Wildman–Crippen LogP) is 3.81. The van der Waals surface area contributed by atoms with E-state index in [1.165, 1.54) is 51.1 Å². The normalized spacial score (nSPS) is 15.4. The topological polar surface area (TPSA) is 234 Å². The molecule has 0 saturated carbocycles. The van der Waals surface area contributed by atoms with Crippen LogP contribution < -0.4 is 15.5 Å². The second-order valence-corrected chi connectivity index (χ2v) is 14.2. The largest absolute Gasteiger partial charge is 0.477 e. The third kappa shape index (κ3) is 8.16. The Kier molecular flexibility index (Phi) is 11.3. The number of carboxylic acids is 1. The van der Waals surface area contributed by atoms with Gasteiger partial charge in [0.2, 0.25) is 5.91 Å². The molecule has 2 fully saturated rings. The fourth-order valence-electron chi connectivity index (χ4n) is 7.27. The lowest BCUT2D eigenvalue weighted by molar-refractivity contribution is -0.149. The molecule has 2 aliphatic heterocycles. The first-order valence-electron chi connectivity index (χ1n) is 18.1. The lowest BCUT2D eigenvalue weighted by Crippen LogP contribution is -2.60. The SMILES string of the molecule is COCC1CCN(C(=O)Nc2ccc(CC(C(=O)Nc3ccc4c(c3)cc(C(=O)O)n4C(=O)O)N3CCN(c4cc(Cl)ccc4-n4cnnn4)C(=O)C3=O)cc2)CC1. The highest BCUT2D eigenvalue weighted by Crippen LogP contribution is 2.31. The molecule has 5 amide bonds. The summed E-state index contributed by atoms with van der Waals surface area (Å²) in [6.45, 7) is 1.76. The van der Waals surface area contributed by atoms with E-state index in [9.17, 15) is 39.0 Å². The number of methoxy groups -OCH3 is 1. The van der Waals surface area contributed by atoms with Crippen LogP contribution in [-0.4, -0.2) is 127 Å². The van der Waals surface area contributed by atoms with E-state index in [-0.39, 0.29) is 47.8 Å². The number of hydrogen-bond donors (Lipinski definition) is 4. The number of benzene rings is 3. The lowest BCUT2D eigenvalue weighted by atomic mass is 9.98. The summed E-state index contributed by atoms with van der Waals surface area (Å²) in [5.74, 6) is -3.62. The summed E-state index contributed by atoms with van der Waals surface area (Å²) in [6.07, 6.45) is 1.47. The van der Waals surface area contributed by atoms with Crippen molar-refractivity contribution in [3.8, 4) is 5.69 Å². The maximum absolute atomic E-state index is 14.2. The van der Waals surface area contributed by atoms with Gasteiger partial charge in [-0.2, -0.15) is 4.68 Å². The third-order valence-electron chi connectivity index (χ3n) is 10.2. The van der Waals surface area contributed by atoms with E-state index in [4.69, 9.17) is 16.3 Å². The van der Waals surface area contributed by atoms with Crippen LogP contribution in [0, 0.1) is 5.92 Å². The molecule has 19 nitrogen and oxygen atoms in total. The molecule has 2 saturated heterocycles. The van der Waals surface area contributed by atoms with Crippen molar-refractivity contribution in [3.63, 3.8) is 0 Å². The minimum atomic E-state index is -1.50. The fraction of sp³-hybridized carbons (Fsp3) is 0.289. The highest BCUT2D eigenvalue weighted by atomic mass is 35.5. The molecule has 1 atom stereocenters. The molecule has 4 N–H and O–H groups in total. The molecule has 0 aliphatic carbocycles. The number of nitrogens with one attached hydrogen (secondary N) is 2. The lowest BCUT2D eigenvalue weighted by Gasteiger charge is -2.38. The maximum Gasteiger partial charge on any atom is 0.416 e. The Morgan fingerprint density at radius 3 is 2.29 bits per heavy atom. The summed E-state index contributed by atoms with van der Waals surface area (Å²) in [5.41, 5.74) is 1.58. The number of aromatic carboxylic acids is 1. The Balaban J connectivity index is 1.13. The van der Waals surface area contributed by atoms with Gasteiger partial charge in [-0.15, -0.1) is 5.10 Å². The van der Waals surface area contributed by atoms with Crippen LogP contribution in [0.25, 0.3) is 16.6 Å². The second-order valence-electron chi connectivity index (χ2n) is 13.8. The van der Waals surface area contributed by atoms with Crippen molar-refractivity contribution in [1.82, 2.24) is 34.6 Å². The number of halogens is 1. The van der Waals surface area contributed by atoms with E-state index in [1.807, 2.05) is 0 Å². The summed E-state index contributed by atoms with van der Waals surface area (Å²) in [6, 6.07) is 15.4. The zero-order chi connectivity index (χ0) is 41.1. The van der Waals surface area contributed by atoms with Gasteiger partial charge in [0.25, 0.3) is 0 Å². The minimum Gasteiger partial charge on any atom is -0.477 e. The number of piperazine rings is 1. The molecular formula is C38H37ClN10O9. The van der Waals surface area contributed by atoms with Gasteiger partial charge in [0, 0.05) is 68.1 Å². The van der Waals surface area contributed by atoms with E-state index in [0.717, 1.165) is 12.8 Å². The van der Waals surface area contributed by atoms with Crippen molar-refractivity contribution in [1.29, 1.82) is 0 Å². The molecular weight excluding hydrogens is 776 g/mol. The first kappa shape index (κ1) is 39.4. The van der Waals surface area contributed by atoms with Crippen LogP contribution in [-0.2, 0) is 25.5 Å². The second kappa shape index (κ2) is 16.7. The van der Waals surface area contributed by atoms with Gasteiger partial charge in [0.05, 0.1) is 16.9 Å². The summed E-state index contributed by atoms with van der Waals surface area (Å²) in [5, 5.41) is 36.6. The number of likely N-dealkylation sites (tertiary alicyclic amines) is 1. The van der Waals surface area contributed by atoms with Crippen molar-refractivity contribution in [2.75, 3.05) is 55.4 Å². The van der Waals surface area contributed by atoms with Gasteiger partial charge in [-0.05, 0) is 89.3 Å². The van der Waals surface area contributed by atoms with Gasteiger partial charge in [-0.3, -0.25) is 14.4 Å². The van der Waals surface area contributed by atoms with Crippen molar-refractivity contribution in [2.45, 2.75) is 25.3 Å². The number of urea groups is 1. The van der Waals surface area contributed by atoms with E-state index in [0.29, 0.717) is 52.1 Å². The number of tetrazole rings is 1. The van der Waals surface area contributed by atoms with E-state index >= 15 is 0 Å². The van der Waals surface area contributed by atoms with Crippen LogP contribution in [0.1, 0.15) is 28.9 Å². The van der Waals surface area contributed by atoms with Crippen molar-refractivity contribution in [2.24, 2.45) is 5.92 Å². The first-order valence-corrected chi connectivity index (χ1v) is 18.5. The minimum absolute atomic E-state index is 0.0237. The number of amides is 5. The maximum atomic E-state index is 14.2. The summed E-state index contributed by atoms with van der Waals surface area (Å²) >= 11 is 6.30. The van der Waals surface area contributed by atoms with Crippen LogP contribution >= 0.6 is 11.6 Å². The summed E-state index contributed by atoms with van der Waals surface area (Å²) < 4.78 is 7.20. The smallest absolute Gasteiger partial charge is 0.416 e. The number of nitrogens with zero attached hydrogens (tertiary/aromatic N) is 8. The molecule has 0 bridgehead atoms. The molecule has 4 heterocycles. The molecule has 7 rings (SSSR count). The van der Waals surface area contributed by atoms with E-state index in [1.54, 1.807) is 48.4 Å². The van der Waals surface area contributed by atoms with Gasteiger partial charge >= 0.3 is 29.9 Å². The molecule has 20 heteroatoms. The van der Waals surface area contributed by atoms with Crippen LogP contribution in [0.3, 0.4) is 0 Å². The number of fused-ring (bicyclic) bond motifs is 1. The first-order chi connectivity index (χ1) is 27.9. The average molecular weight is 813 g/mol. The van der Waals surface area contributed by atoms with Gasteiger partial charge < -0.3 is 40.3 Å². The number of hydrogen-bond acceptors (Lipinski definition) is 10. The Morgan fingerprint density at radius 2 is 1.62 bits per heavy atom. The highest BCUT2D eigenvalue weighted by Gasteiger charge is 2.41. The molecule has 2 aromatic heterocycles.